The molecule has 1 rings (SSSR count). The number of phenolic OH excluding ortho intramolecular Hbond substituents is 1. The lowest BCUT2D eigenvalue weighted by Gasteiger charge is -2.04. The topological polar surface area (TPSA) is 41.8 Å². The van der Waals surface area contributed by atoms with Gasteiger partial charge in [-0.05, 0) is 12.1 Å². The fraction of sp³-hybridized carbons (Fsp3) is 0.222. The van der Waals surface area contributed by atoms with Crippen molar-refractivity contribution in [1.29, 1.82) is 0 Å². The molecule has 0 heterocycles. The Morgan fingerprint density at radius 1 is 1.50 bits per heavy atom. The highest BCUT2D eigenvalue weighted by Crippen LogP contribution is 2.27. The van der Waals surface area contributed by atoms with Gasteiger partial charge in [0.2, 0.25) is 0 Å². The van der Waals surface area contributed by atoms with Gasteiger partial charge in [0, 0.05) is 18.8 Å². The summed E-state index contributed by atoms with van der Waals surface area (Å²) in [4.78, 5) is 3.80. The zero-order valence-corrected chi connectivity index (χ0v) is 7.11. The summed E-state index contributed by atoms with van der Waals surface area (Å²) < 4.78 is 4.92. The van der Waals surface area contributed by atoms with Crippen LogP contribution in [-0.4, -0.2) is 25.5 Å². The maximum Gasteiger partial charge on any atom is 0.166 e. The number of nitrogens with zero attached hydrogens (tertiary/aromatic N) is 1. The van der Waals surface area contributed by atoms with E-state index in [2.05, 4.69) is 4.99 Å². The molecule has 0 atom stereocenters. The van der Waals surface area contributed by atoms with Crippen molar-refractivity contribution in [3.8, 4) is 11.5 Å². The Morgan fingerprint density at radius 3 is 2.83 bits per heavy atom. The normalized spacial score (nSPS) is 10.5. The van der Waals surface area contributed by atoms with Crippen LogP contribution in [-0.2, 0) is 0 Å². The minimum Gasteiger partial charge on any atom is -0.504 e. The Balaban J connectivity index is 3.13. The van der Waals surface area contributed by atoms with Gasteiger partial charge in [0.25, 0.3) is 0 Å². The summed E-state index contributed by atoms with van der Waals surface area (Å²) in [5.74, 6) is 0.595. The summed E-state index contributed by atoms with van der Waals surface area (Å²) in [6, 6.07) is 5.27. The second-order valence-electron chi connectivity index (χ2n) is 2.29. The molecule has 0 bridgehead atoms. The third-order valence-corrected chi connectivity index (χ3v) is 1.52. The number of ether oxygens (including phenoxy) is 1. The molecule has 64 valence electrons. The molecule has 0 saturated carbocycles. The maximum atomic E-state index is 9.50. The molecule has 0 aliphatic carbocycles. The summed E-state index contributed by atoms with van der Waals surface area (Å²) in [6.45, 7) is 0. The van der Waals surface area contributed by atoms with Crippen molar-refractivity contribution >= 4 is 6.21 Å². The summed E-state index contributed by atoms with van der Waals surface area (Å²) in [5, 5.41) is 9.50. The highest BCUT2D eigenvalue weighted by Gasteiger charge is 2.03. The van der Waals surface area contributed by atoms with Crippen LogP contribution in [0, 0.1) is 0 Å². The van der Waals surface area contributed by atoms with E-state index in [0.29, 0.717) is 11.3 Å². The van der Waals surface area contributed by atoms with Gasteiger partial charge in [-0.2, -0.15) is 0 Å². The lowest BCUT2D eigenvalue weighted by atomic mass is 10.2. The Morgan fingerprint density at radius 2 is 2.25 bits per heavy atom. The van der Waals surface area contributed by atoms with Gasteiger partial charge in [-0.25, -0.2) is 0 Å². The molecule has 0 saturated heterocycles. The van der Waals surface area contributed by atoms with Crippen LogP contribution in [0.5, 0.6) is 11.5 Å². The van der Waals surface area contributed by atoms with Crippen LogP contribution in [0.15, 0.2) is 23.2 Å². The van der Waals surface area contributed by atoms with E-state index < -0.39 is 0 Å². The van der Waals surface area contributed by atoms with E-state index in [4.69, 9.17) is 4.74 Å². The van der Waals surface area contributed by atoms with E-state index in [0.717, 1.165) is 0 Å². The Hall–Kier alpha value is -1.51. The molecule has 0 spiro atoms. The second-order valence-corrected chi connectivity index (χ2v) is 2.29. The zero-order valence-electron chi connectivity index (χ0n) is 7.11. The number of benzene rings is 1. The molecule has 0 unspecified atom stereocenters. The highest BCUT2D eigenvalue weighted by atomic mass is 16.5. The number of aliphatic imine (C=N–C) groups is 1. The van der Waals surface area contributed by atoms with Crippen molar-refractivity contribution in [2.75, 3.05) is 14.2 Å². The van der Waals surface area contributed by atoms with Crippen molar-refractivity contribution < 1.29 is 9.84 Å². The third kappa shape index (κ3) is 1.56. The van der Waals surface area contributed by atoms with Gasteiger partial charge in [0.15, 0.2) is 11.5 Å². The molecule has 12 heavy (non-hydrogen) atoms. The first-order valence-electron chi connectivity index (χ1n) is 3.57. The lowest BCUT2D eigenvalue weighted by Crippen LogP contribution is -1.87. The van der Waals surface area contributed by atoms with Gasteiger partial charge in [-0.1, -0.05) is 6.07 Å². The van der Waals surface area contributed by atoms with Gasteiger partial charge in [0.1, 0.15) is 0 Å². The summed E-state index contributed by atoms with van der Waals surface area (Å²) >= 11 is 0. The molecule has 0 amide bonds. The first-order chi connectivity index (χ1) is 5.79. The van der Waals surface area contributed by atoms with Crippen molar-refractivity contribution in [1.82, 2.24) is 0 Å². The molecular weight excluding hydrogens is 154 g/mol. The Kier molecular flexibility index (Phi) is 2.69. The van der Waals surface area contributed by atoms with E-state index in [1.54, 1.807) is 31.5 Å². The van der Waals surface area contributed by atoms with Gasteiger partial charge < -0.3 is 9.84 Å². The SMILES string of the molecule is C/N=C/c1cccc(OC)c1O. The van der Waals surface area contributed by atoms with Crippen molar-refractivity contribution in [2.24, 2.45) is 4.99 Å². The predicted octanol–water partition coefficient (Wildman–Crippen LogP) is 1.45. The Bertz CT molecular complexity index is 295. The number of hydrogen-bond donors (Lipinski definition) is 1. The lowest BCUT2D eigenvalue weighted by molar-refractivity contribution is 0.373. The number of methoxy groups -OCH3 is 1. The van der Waals surface area contributed by atoms with Crippen LogP contribution in [0.4, 0.5) is 0 Å². The number of para-hydroxylation sites is 1. The monoisotopic (exact) mass is 165 g/mol. The van der Waals surface area contributed by atoms with Crippen molar-refractivity contribution in [3.63, 3.8) is 0 Å². The first-order valence-corrected chi connectivity index (χ1v) is 3.57. The van der Waals surface area contributed by atoms with Crippen LogP contribution in [0.1, 0.15) is 5.56 Å². The third-order valence-electron chi connectivity index (χ3n) is 1.52. The maximum absolute atomic E-state index is 9.50. The number of rotatable bonds is 2. The number of phenols is 1. The second kappa shape index (κ2) is 3.76. The molecular formula is C9H11NO2. The van der Waals surface area contributed by atoms with Crippen LogP contribution < -0.4 is 4.74 Å². The smallest absolute Gasteiger partial charge is 0.166 e. The van der Waals surface area contributed by atoms with E-state index in [1.807, 2.05) is 0 Å². The fourth-order valence-electron chi connectivity index (χ4n) is 0.947. The van der Waals surface area contributed by atoms with Crippen LogP contribution in [0.2, 0.25) is 0 Å². The van der Waals surface area contributed by atoms with Crippen LogP contribution in [0.25, 0.3) is 0 Å². The number of hydrogen-bond acceptors (Lipinski definition) is 3. The van der Waals surface area contributed by atoms with E-state index in [-0.39, 0.29) is 5.75 Å². The fourth-order valence-corrected chi connectivity index (χ4v) is 0.947. The van der Waals surface area contributed by atoms with Crippen molar-refractivity contribution in [2.45, 2.75) is 0 Å². The van der Waals surface area contributed by atoms with E-state index >= 15 is 0 Å². The molecule has 3 nitrogen and oxygen atoms in total. The Labute approximate surface area is 71.3 Å². The largest absolute Gasteiger partial charge is 0.504 e. The summed E-state index contributed by atoms with van der Waals surface area (Å²) in [5.41, 5.74) is 0.664. The predicted molar refractivity (Wildman–Crippen MR) is 48.2 cm³/mol. The minimum absolute atomic E-state index is 0.130. The van der Waals surface area contributed by atoms with Gasteiger partial charge in [0.05, 0.1) is 7.11 Å². The average molecular weight is 165 g/mol. The van der Waals surface area contributed by atoms with Gasteiger partial charge >= 0.3 is 0 Å². The summed E-state index contributed by atoms with van der Waals surface area (Å²) in [7, 11) is 3.17. The molecule has 1 aromatic carbocycles. The van der Waals surface area contributed by atoms with Gasteiger partial charge in [-0.15, -0.1) is 0 Å². The summed E-state index contributed by atoms with van der Waals surface area (Å²) in [6.07, 6.45) is 1.58. The molecule has 0 aliphatic heterocycles. The quantitative estimate of drug-likeness (QED) is 0.674. The molecule has 0 radical (unpaired) electrons. The molecule has 0 aliphatic rings. The average Bonchev–Trinajstić information content (AvgIpc) is 2.09. The standard InChI is InChI=1S/C9H11NO2/c1-10-6-7-4-3-5-8(12-2)9(7)11/h3-6,11H,1-2H3/b10-6+. The first kappa shape index (κ1) is 8.59. The molecule has 1 aromatic rings. The van der Waals surface area contributed by atoms with Crippen LogP contribution in [0.3, 0.4) is 0 Å². The molecule has 0 aromatic heterocycles. The van der Waals surface area contributed by atoms with E-state index in [9.17, 15) is 5.11 Å². The minimum atomic E-state index is 0.130. The zero-order chi connectivity index (χ0) is 8.97. The highest BCUT2D eigenvalue weighted by molar-refractivity contribution is 5.84. The van der Waals surface area contributed by atoms with E-state index in [1.165, 1.54) is 7.11 Å². The molecule has 1 N–H and O–H groups in total. The van der Waals surface area contributed by atoms with Crippen molar-refractivity contribution in [3.05, 3.63) is 23.8 Å². The van der Waals surface area contributed by atoms with Gasteiger partial charge in [-0.3, -0.25) is 4.99 Å². The molecule has 0 fully saturated rings. The molecule has 3 heteroatoms. The van der Waals surface area contributed by atoms with Crippen LogP contribution >= 0.6 is 0 Å². The number of aromatic hydroxyl groups is 1.